The minimum atomic E-state index is -0.513. The molecule has 1 atom stereocenters. The summed E-state index contributed by atoms with van der Waals surface area (Å²) in [4.78, 5) is 23.1. The van der Waals surface area contributed by atoms with Gasteiger partial charge in [0.15, 0.2) is 11.5 Å². The van der Waals surface area contributed by atoms with Crippen LogP contribution in [0.5, 0.6) is 0 Å². The van der Waals surface area contributed by atoms with Crippen LogP contribution in [0.3, 0.4) is 0 Å². The summed E-state index contributed by atoms with van der Waals surface area (Å²) >= 11 is 9.86. The molecular weight excluding hydrogens is 446 g/mol. The Morgan fingerprint density at radius 1 is 1.46 bits per heavy atom. The zero-order valence-electron chi connectivity index (χ0n) is 16.6. The van der Waals surface area contributed by atoms with E-state index in [4.69, 9.17) is 16.3 Å². The Morgan fingerprint density at radius 2 is 2.18 bits per heavy atom. The van der Waals surface area contributed by atoms with Crippen molar-refractivity contribution in [3.8, 4) is 0 Å². The van der Waals surface area contributed by atoms with Crippen molar-refractivity contribution < 1.29 is 9.53 Å². The van der Waals surface area contributed by atoms with Crippen molar-refractivity contribution in [3.63, 3.8) is 0 Å². The van der Waals surface area contributed by atoms with Gasteiger partial charge in [0.05, 0.1) is 11.9 Å². The van der Waals surface area contributed by atoms with Crippen LogP contribution in [0.1, 0.15) is 46.2 Å². The van der Waals surface area contributed by atoms with Crippen molar-refractivity contribution in [1.29, 1.82) is 0 Å². The van der Waals surface area contributed by atoms with Crippen molar-refractivity contribution in [2.45, 2.75) is 52.2 Å². The van der Waals surface area contributed by atoms with Crippen LogP contribution in [0.25, 0.3) is 11.2 Å². The van der Waals surface area contributed by atoms with Crippen LogP contribution in [0.2, 0.25) is 5.15 Å². The minimum absolute atomic E-state index is 0.0376. The molecule has 3 heterocycles. The van der Waals surface area contributed by atoms with Gasteiger partial charge < -0.3 is 15.0 Å². The standard InChI is InChI=1S/C19H25BrClN5O2/c1-11(2)13-9-22-17-16(24-14(20)15(21)26(13)17)23-12-7-6-8-25(10-12)18(27)28-19(3,4)5/h9,12H,1,6-8,10H2,2-5H3,(H,23,24)/t12-/m0/s1. The number of halogens is 2. The monoisotopic (exact) mass is 469 g/mol. The van der Waals surface area contributed by atoms with Crippen molar-refractivity contribution in [3.05, 3.63) is 28.2 Å². The topological polar surface area (TPSA) is 71.8 Å². The highest BCUT2D eigenvalue weighted by atomic mass is 79.9. The number of rotatable bonds is 3. The van der Waals surface area contributed by atoms with Crippen molar-refractivity contribution in [1.82, 2.24) is 19.3 Å². The Labute approximate surface area is 178 Å². The molecule has 1 N–H and O–H groups in total. The molecule has 2 aromatic rings. The Balaban J connectivity index is 1.84. The lowest BCUT2D eigenvalue weighted by Gasteiger charge is -2.34. The number of ether oxygens (including phenoxy) is 1. The number of imidazole rings is 1. The maximum Gasteiger partial charge on any atom is 0.410 e. The lowest BCUT2D eigenvalue weighted by molar-refractivity contribution is 0.0206. The van der Waals surface area contributed by atoms with E-state index in [-0.39, 0.29) is 12.1 Å². The first-order chi connectivity index (χ1) is 13.1. The number of carbonyl (C=O) groups is 1. The second-order valence-corrected chi connectivity index (χ2v) is 9.14. The molecule has 0 unspecified atom stereocenters. The summed E-state index contributed by atoms with van der Waals surface area (Å²) in [5, 5.41) is 3.87. The summed E-state index contributed by atoms with van der Waals surface area (Å²) < 4.78 is 7.84. The van der Waals surface area contributed by atoms with Crippen LogP contribution in [-0.4, -0.2) is 50.1 Å². The maximum atomic E-state index is 12.4. The van der Waals surface area contributed by atoms with E-state index in [1.165, 1.54) is 0 Å². The second-order valence-electron chi connectivity index (χ2n) is 8.03. The molecule has 2 aromatic heterocycles. The number of nitrogens with one attached hydrogen (secondary N) is 1. The molecule has 1 amide bonds. The number of fused-ring (bicyclic) bond motifs is 1. The van der Waals surface area contributed by atoms with E-state index in [0.717, 1.165) is 24.1 Å². The minimum Gasteiger partial charge on any atom is -0.444 e. The summed E-state index contributed by atoms with van der Waals surface area (Å²) in [7, 11) is 0. The number of carbonyl (C=O) groups excluding carboxylic acids is 1. The van der Waals surface area contributed by atoms with Crippen LogP contribution in [0, 0.1) is 0 Å². The van der Waals surface area contributed by atoms with Gasteiger partial charge in [0.25, 0.3) is 0 Å². The first-order valence-corrected chi connectivity index (χ1v) is 10.4. The number of allylic oxidation sites excluding steroid dienone is 1. The van der Waals surface area contributed by atoms with Crippen molar-refractivity contribution in [2.75, 3.05) is 18.4 Å². The van der Waals surface area contributed by atoms with E-state index in [2.05, 4.69) is 37.8 Å². The van der Waals surface area contributed by atoms with Gasteiger partial charge in [0.2, 0.25) is 0 Å². The van der Waals surface area contributed by atoms with Crippen LogP contribution in [-0.2, 0) is 4.74 Å². The van der Waals surface area contributed by atoms with Gasteiger partial charge >= 0.3 is 6.09 Å². The normalized spacial score (nSPS) is 17.6. The highest BCUT2D eigenvalue weighted by molar-refractivity contribution is 9.10. The SMILES string of the molecule is C=C(C)c1cnc2c(N[C@H]3CCCN(C(=O)OC(C)(C)C)C3)nc(Br)c(Cl)n12. The number of nitrogens with zero attached hydrogens (tertiary/aromatic N) is 4. The van der Waals surface area contributed by atoms with Crippen molar-refractivity contribution >= 4 is 50.7 Å². The van der Waals surface area contributed by atoms with Gasteiger partial charge in [-0.05, 0) is 62.0 Å². The number of hydrogen-bond donors (Lipinski definition) is 1. The Hall–Kier alpha value is -1.80. The van der Waals surface area contributed by atoms with E-state index in [1.807, 2.05) is 32.1 Å². The van der Waals surface area contributed by atoms with E-state index in [9.17, 15) is 4.79 Å². The fraction of sp³-hybridized carbons (Fsp3) is 0.526. The molecule has 0 spiro atoms. The lowest BCUT2D eigenvalue weighted by Crippen LogP contribution is -2.47. The lowest BCUT2D eigenvalue weighted by atomic mass is 10.1. The van der Waals surface area contributed by atoms with E-state index in [1.54, 1.807) is 11.1 Å². The molecule has 0 aliphatic carbocycles. The average Bonchev–Trinajstić information content (AvgIpc) is 3.04. The van der Waals surface area contributed by atoms with Crippen LogP contribution < -0.4 is 5.32 Å². The van der Waals surface area contributed by atoms with Crippen LogP contribution >= 0.6 is 27.5 Å². The molecule has 1 aliphatic rings. The smallest absolute Gasteiger partial charge is 0.410 e. The number of anilines is 1. The third-order valence-electron chi connectivity index (χ3n) is 4.40. The molecule has 0 bridgehead atoms. The molecule has 3 rings (SSSR count). The highest BCUT2D eigenvalue weighted by Gasteiger charge is 2.28. The molecule has 7 nitrogen and oxygen atoms in total. The molecule has 152 valence electrons. The Kier molecular flexibility index (Phi) is 5.91. The molecule has 1 aliphatic heterocycles. The molecule has 28 heavy (non-hydrogen) atoms. The largest absolute Gasteiger partial charge is 0.444 e. The fourth-order valence-electron chi connectivity index (χ4n) is 3.18. The third-order valence-corrected chi connectivity index (χ3v) is 5.53. The average molecular weight is 471 g/mol. The van der Waals surface area contributed by atoms with Gasteiger partial charge in [-0.15, -0.1) is 0 Å². The van der Waals surface area contributed by atoms with E-state index < -0.39 is 5.60 Å². The molecule has 1 saturated heterocycles. The summed E-state index contributed by atoms with van der Waals surface area (Å²) in [6.07, 6.45) is 3.24. The summed E-state index contributed by atoms with van der Waals surface area (Å²) in [5.41, 5.74) is 1.79. The van der Waals surface area contributed by atoms with E-state index >= 15 is 0 Å². The maximum absolute atomic E-state index is 12.4. The molecule has 1 fully saturated rings. The molecule has 0 saturated carbocycles. The van der Waals surface area contributed by atoms with Gasteiger partial charge in [-0.2, -0.15) is 0 Å². The number of amides is 1. The Morgan fingerprint density at radius 3 is 2.82 bits per heavy atom. The predicted molar refractivity (Wildman–Crippen MR) is 115 cm³/mol. The van der Waals surface area contributed by atoms with Gasteiger partial charge in [-0.3, -0.25) is 4.40 Å². The third kappa shape index (κ3) is 4.43. The molecule has 0 radical (unpaired) electrons. The second kappa shape index (κ2) is 7.91. The highest BCUT2D eigenvalue weighted by Crippen LogP contribution is 2.30. The number of likely N-dealkylation sites (tertiary alicyclic amines) is 1. The van der Waals surface area contributed by atoms with Gasteiger partial charge in [-0.25, -0.2) is 14.8 Å². The Bertz CT molecular complexity index is 921. The van der Waals surface area contributed by atoms with Gasteiger partial charge in [-0.1, -0.05) is 18.2 Å². The van der Waals surface area contributed by atoms with E-state index in [0.29, 0.717) is 34.3 Å². The zero-order chi connectivity index (χ0) is 20.6. The summed E-state index contributed by atoms with van der Waals surface area (Å²) in [5.74, 6) is 0.611. The zero-order valence-corrected chi connectivity index (χ0v) is 18.9. The molecular formula is C19H25BrClN5O2. The van der Waals surface area contributed by atoms with Gasteiger partial charge in [0, 0.05) is 19.1 Å². The number of aromatic nitrogens is 3. The number of hydrogen-bond acceptors (Lipinski definition) is 5. The van der Waals surface area contributed by atoms with Crippen LogP contribution in [0.4, 0.5) is 10.6 Å². The molecule has 0 aromatic carbocycles. The molecule has 9 heteroatoms. The quantitative estimate of drug-likeness (QED) is 0.684. The number of piperidine rings is 1. The van der Waals surface area contributed by atoms with Gasteiger partial charge in [0.1, 0.15) is 15.4 Å². The first kappa shape index (κ1) is 20.9. The van der Waals surface area contributed by atoms with Crippen LogP contribution in [0.15, 0.2) is 17.4 Å². The fourth-order valence-corrected chi connectivity index (χ4v) is 3.75. The van der Waals surface area contributed by atoms with Crippen molar-refractivity contribution in [2.24, 2.45) is 0 Å². The summed E-state index contributed by atoms with van der Waals surface area (Å²) in [6, 6.07) is 0.0376. The first-order valence-electron chi connectivity index (χ1n) is 9.19. The summed E-state index contributed by atoms with van der Waals surface area (Å²) in [6.45, 7) is 12.7. The predicted octanol–water partition coefficient (Wildman–Crippen LogP) is 4.99.